The van der Waals surface area contributed by atoms with Crippen molar-refractivity contribution in [2.75, 3.05) is 11.9 Å². The molecule has 0 spiro atoms. The molecule has 0 bridgehead atoms. The summed E-state index contributed by atoms with van der Waals surface area (Å²) in [6.45, 7) is 2.93. The van der Waals surface area contributed by atoms with Gasteiger partial charge in [-0.1, -0.05) is 0 Å². The first-order valence-electron chi connectivity index (χ1n) is 3.98. The van der Waals surface area contributed by atoms with Crippen LogP contribution in [0.5, 0.6) is 0 Å². The normalized spacial score (nSPS) is 10.4. The Morgan fingerprint density at radius 2 is 2.33 bits per heavy atom. The molecule has 0 aliphatic carbocycles. The summed E-state index contributed by atoms with van der Waals surface area (Å²) >= 11 is 0. The van der Waals surface area contributed by atoms with Crippen molar-refractivity contribution in [3.05, 3.63) is 24.5 Å². The molecule has 0 aromatic carbocycles. The van der Waals surface area contributed by atoms with E-state index in [0.29, 0.717) is 0 Å². The zero-order valence-corrected chi connectivity index (χ0v) is 6.87. The molecule has 0 radical (unpaired) electrons. The van der Waals surface area contributed by atoms with E-state index in [2.05, 4.69) is 10.3 Å². The third kappa shape index (κ3) is 1.13. The number of hydrogen-bond acceptors (Lipinski definition) is 3. The highest BCUT2D eigenvalue weighted by Crippen LogP contribution is 2.15. The topological polar surface area (TPSA) is 38.1 Å². The van der Waals surface area contributed by atoms with Gasteiger partial charge in [-0.2, -0.15) is 0 Å². The minimum atomic E-state index is 0.830. The van der Waals surface area contributed by atoms with Gasteiger partial charge in [-0.05, 0) is 19.1 Å². The number of hydrogen-bond donors (Lipinski definition) is 1. The van der Waals surface area contributed by atoms with Crippen molar-refractivity contribution < 1.29 is 4.42 Å². The molecule has 62 valence electrons. The molecule has 2 aromatic rings. The molecule has 2 rings (SSSR count). The van der Waals surface area contributed by atoms with Crippen LogP contribution < -0.4 is 5.32 Å². The van der Waals surface area contributed by atoms with Gasteiger partial charge >= 0.3 is 0 Å². The molecular formula is C9H10N2O. The minimum Gasteiger partial charge on any atom is -0.463 e. The van der Waals surface area contributed by atoms with E-state index in [4.69, 9.17) is 4.42 Å². The van der Waals surface area contributed by atoms with Crippen molar-refractivity contribution in [2.24, 2.45) is 0 Å². The van der Waals surface area contributed by atoms with Crippen LogP contribution in [0.4, 0.5) is 5.82 Å². The van der Waals surface area contributed by atoms with Crippen LogP contribution in [-0.4, -0.2) is 11.5 Å². The first-order chi connectivity index (χ1) is 5.90. The first-order valence-corrected chi connectivity index (χ1v) is 3.98. The van der Waals surface area contributed by atoms with E-state index in [9.17, 15) is 0 Å². The van der Waals surface area contributed by atoms with E-state index in [1.807, 2.05) is 25.1 Å². The number of furan rings is 1. The molecule has 0 aliphatic heterocycles. The third-order valence-corrected chi connectivity index (χ3v) is 1.66. The second kappa shape index (κ2) is 2.85. The van der Waals surface area contributed by atoms with Crippen LogP contribution in [-0.2, 0) is 0 Å². The van der Waals surface area contributed by atoms with Crippen LogP contribution in [0.15, 0.2) is 28.9 Å². The lowest BCUT2D eigenvalue weighted by Gasteiger charge is -1.99. The highest BCUT2D eigenvalue weighted by atomic mass is 16.3. The van der Waals surface area contributed by atoms with E-state index >= 15 is 0 Å². The molecule has 0 aliphatic rings. The maximum atomic E-state index is 5.16. The predicted molar refractivity (Wildman–Crippen MR) is 48.2 cm³/mol. The minimum absolute atomic E-state index is 0.830. The molecule has 0 atom stereocenters. The van der Waals surface area contributed by atoms with Crippen LogP contribution in [0.25, 0.3) is 11.1 Å². The van der Waals surface area contributed by atoms with Crippen molar-refractivity contribution in [1.82, 2.24) is 4.98 Å². The summed E-state index contributed by atoms with van der Waals surface area (Å²) in [5.41, 5.74) is 1.73. The number of pyridine rings is 1. The van der Waals surface area contributed by atoms with Gasteiger partial charge in [0.2, 0.25) is 0 Å². The van der Waals surface area contributed by atoms with E-state index in [1.165, 1.54) is 0 Å². The van der Waals surface area contributed by atoms with Gasteiger partial charge in [0.05, 0.1) is 6.26 Å². The summed E-state index contributed by atoms with van der Waals surface area (Å²) in [6, 6.07) is 5.69. The lowest BCUT2D eigenvalue weighted by atomic mass is 10.4. The fourth-order valence-corrected chi connectivity index (χ4v) is 1.13. The highest BCUT2D eigenvalue weighted by molar-refractivity contribution is 5.74. The second-order valence-corrected chi connectivity index (χ2v) is 2.53. The molecule has 12 heavy (non-hydrogen) atoms. The van der Waals surface area contributed by atoms with Crippen molar-refractivity contribution in [3.63, 3.8) is 0 Å². The maximum Gasteiger partial charge on any atom is 0.152 e. The summed E-state index contributed by atoms with van der Waals surface area (Å²) in [7, 11) is 0. The fraction of sp³-hybridized carbons (Fsp3) is 0.222. The Labute approximate surface area is 70.4 Å². The van der Waals surface area contributed by atoms with Crippen LogP contribution in [0, 0.1) is 0 Å². The molecule has 2 aromatic heterocycles. The van der Waals surface area contributed by atoms with Gasteiger partial charge in [0, 0.05) is 12.6 Å². The summed E-state index contributed by atoms with van der Waals surface area (Å²) in [4.78, 5) is 4.32. The third-order valence-electron chi connectivity index (χ3n) is 1.66. The van der Waals surface area contributed by atoms with Crippen LogP contribution >= 0.6 is 0 Å². The number of nitrogens with one attached hydrogen (secondary N) is 1. The molecule has 0 saturated carbocycles. The van der Waals surface area contributed by atoms with Gasteiger partial charge in [-0.25, -0.2) is 4.98 Å². The number of nitrogens with zero attached hydrogens (tertiary/aromatic N) is 1. The molecule has 0 amide bonds. The van der Waals surface area contributed by atoms with Crippen LogP contribution in [0.1, 0.15) is 6.92 Å². The van der Waals surface area contributed by atoms with Gasteiger partial charge in [-0.3, -0.25) is 0 Å². The SMILES string of the molecule is CCNc1ccc2occc2n1. The molecule has 3 heteroatoms. The zero-order valence-electron chi connectivity index (χ0n) is 6.87. The summed E-state index contributed by atoms with van der Waals surface area (Å²) in [5, 5.41) is 3.14. The molecule has 2 heterocycles. The maximum absolute atomic E-state index is 5.16. The second-order valence-electron chi connectivity index (χ2n) is 2.53. The van der Waals surface area contributed by atoms with Gasteiger partial charge in [0.25, 0.3) is 0 Å². The van der Waals surface area contributed by atoms with Crippen molar-refractivity contribution >= 4 is 16.9 Å². The zero-order chi connectivity index (χ0) is 8.39. The van der Waals surface area contributed by atoms with Crippen LogP contribution in [0.3, 0.4) is 0 Å². The Balaban J connectivity index is 2.46. The van der Waals surface area contributed by atoms with Crippen molar-refractivity contribution in [3.8, 4) is 0 Å². The Morgan fingerprint density at radius 3 is 3.17 bits per heavy atom. The molecule has 0 fully saturated rings. The van der Waals surface area contributed by atoms with Gasteiger partial charge in [-0.15, -0.1) is 0 Å². The van der Waals surface area contributed by atoms with Crippen molar-refractivity contribution in [1.29, 1.82) is 0 Å². The van der Waals surface area contributed by atoms with E-state index in [0.717, 1.165) is 23.5 Å². The van der Waals surface area contributed by atoms with E-state index in [-0.39, 0.29) is 0 Å². The summed E-state index contributed by atoms with van der Waals surface area (Å²) in [5.74, 6) is 0.895. The summed E-state index contributed by atoms with van der Waals surface area (Å²) < 4.78 is 5.16. The number of fused-ring (bicyclic) bond motifs is 1. The monoisotopic (exact) mass is 162 g/mol. The Hall–Kier alpha value is -1.51. The van der Waals surface area contributed by atoms with Gasteiger partial charge < -0.3 is 9.73 Å². The van der Waals surface area contributed by atoms with Crippen molar-refractivity contribution in [2.45, 2.75) is 6.92 Å². The smallest absolute Gasteiger partial charge is 0.152 e. The molecule has 0 unspecified atom stereocenters. The average Bonchev–Trinajstić information content (AvgIpc) is 2.51. The molecule has 3 nitrogen and oxygen atoms in total. The van der Waals surface area contributed by atoms with Crippen LogP contribution in [0.2, 0.25) is 0 Å². The number of rotatable bonds is 2. The average molecular weight is 162 g/mol. The highest BCUT2D eigenvalue weighted by Gasteiger charge is 1.98. The molecule has 1 N–H and O–H groups in total. The Kier molecular flexibility index (Phi) is 1.70. The molecule has 0 saturated heterocycles. The largest absolute Gasteiger partial charge is 0.463 e. The number of aromatic nitrogens is 1. The van der Waals surface area contributed by atoms with Gasteiger partial charge in [0.1, 0.15) is 11.3 Å². The Morgan fingerprint density at radius 1 is 1.42 bits per heavy atom. The lowest BCUT2D eigenvalue weighted by Crippen LogP contribution is -1.97. The number of anilines is 1. The van der Waals surface area contributed by atoms with E-state index < -0.39 is 0 Å². The van der Waals surface area contributed by atoms with Gasteiger partial charge in [0.15, 0.2) is 5.58 Å². The van der Waals surface area contributed by atoms with E-state index in [1.54, 1.807) is 6.26 Å². The fourth-order valence-electron chi connectivity index (χ4n) is 1.13. The standard InChI is InChI=1S/C9H10N2O/c1-2-10-9-4-3-8-7(11-9)5-6-12-8/h3-6H,2H2,1H3,(H,10,11). The lowest BCUT2D eigenvalue weighted by molar-refractivity contribution is 0.615. The summed E-state index contributed by atoms with van der Waals surface area (Å²) in [6.07, 6.45) is 1.65. The first kappa shape index (κ1) is 7.16. The Bertz CT molecular complexity index is 381. The molecular weight excluding hydrogens is 152 g/mol. The quantitative estimate of drug-likeness (QED) is 0.736. The predicted octanol–water partition coefficient (Wildman–Crippen LogP) is 2.26.